The van der Waals surface area contributed by atoms with E-state index in [0.29, 0.717) is 28.3 Å². The smallest absolute Gasteiger partial charge is 0.278 e. The summed E-state index contributed by atoms with van der Waals surface area (Å²) in [4.78, 5) is 39.1. The van der Waals surface area contributed by atoms with E-state index in [0.717, 1.165) is 11.1 Å². The Hall–Kier alpha value is -4.13. The third-order valence-corrected chi connectivity index (χ3v) is 5.19. The van der Waals surface area contributed by atoms with E-state index in [-0.39, 0.29) is 24.1 Å². The maximum Gasteiger partial charge on any atom is 0.278 e. The number of rotatable bonds is 6. The zero-order valence-corrected chi connectivity index (χ0v) is 18.1. The van der Waals surface area contributed by atoms with Crippen molar-refractivity contribution in [3.05, 3.63) is 89.0 Å². The second-order valence-corrected chi connectivity index (χ2v) is 7.73. The lowest BCUT2D eigenvalue weighted by Gasteiger charge is -2.14. The van der Waals surface area contributed by atoms with Crippen LogP contribution < -0.4 is 10.6 Å². The Kier molecular flexibility index (Phi) is 5.64. The van der Waals surface area contributed by atoms with Gasteiger partial charge in [0.25, 0.3) is 11.8 Å². The zero-order valence-electron chi connectivity index (χ0n) is 18.1. The summed E-state index contributed by atoms with van der Waals surface area (Å²) in [5.41, 5.74) is 4.47. The van der Waals surface area contributed by atoms with E-state index in [2.05, 4.69) is 10.6 Å². The van der Waals surface area contributed by atoms with Gasteiger partial charge in [0, 0.05) is 18.3 Å². The molecule has 0 atom stereocenters. The van der Waals surface area contributed by atoms with Crippen LogP contribution in [-0.2, 0) is 20.9 Å². The number of hydrogen-bond acceptors (Lipinski definition) is 5. The fourth-order valence-electron chi connectivity index (χ4n) is 3.72. The number of imide groups is 1. The topological polar surface area (TPSA) is 91.7 Å². The third kappa shape index (κ3) is 4.18. The molecule has 1 aliphatic heterocycles. The third-order valence-electron chi connectivity index (χ3n) is 5.19. The van der Waals surface area contributed by atoms with Gasteiger partial charge in [0.1, 0.15) is 11.5 Å². The van der Waals surface area contributed by atoms with Crippen molar-refractivity contribution in [1.82, 2.24) is 4.90 Å². The summed E-state index contributed by atoms with van der Waals surface area (Å²) in [6.45, 7) is 5.38. The van der Waals surface area contributed by atoms with Crippen molar-refractivity contribution in [2.24, 2.45) is 0 Å². The van der Waals surface area contributed by atoms with Gasteiger partial charge in [0.05, 0.1) is 18.4 Å². The van der Waals surface area contributed by atoms with Crippen LogP contribution in [0.4, 0.5) is 11.4 Å². The number of anilines is 2. The second kappa shape index (κ2) is 8.55. The van der Waals surface area contributed by atoms with Gasteiger partial charge >= 0.3 is 0 Å². The van der Waals surface area contributed by atoms with E-state index in [1.165, 1.54) is 18.1 Å². The molecule has 0 radical (unpaired) electrons. The van der Waals surface area contributed by atoms with Crippen molar-refractivity contribution in [1.29, 1.82) is 0 Å². The summed E-state index contributed by atoms with van der Waals surface area (Å²) in [6.07, 6.45) is 1.51. The van der Waals surface area contributed by atoms with Gasteiger partial charge in [-0.2, -0.15) is 0 Å². The number of carbonyl (C=O) groups excluding carboxylic acids is 3. The first-order valence-electron chi connectivity index (χ1n) is 10.2. The van der Waals surface area contributed by atoms with Crippen molar-refractivity contribution in [2.75, 3.05) is 10.6 Å². The molecular formula is C25H23N3O4. The molecule has 7 nitrogen and oxygen atoms in total. The van der Waals surface area contributed by atoms with Crippen LogP contribution in [0.1, 0.15) is 29.4 Å². The number of aryl methyl sites for hydroxylation is 2. The van der Waals surface area contributed by atoms with Crippen molar-refractivity contribution in [3.63, 3.8) is 0 Å². The summed E-state index contributed by atoms with van der Waals surface area (Å²) >= 11 is 0. The highest BCUT2D eigenvalue weighted by atomic mass is 16.3. The van der Waals surface area contributed by atoms with Crippen LogP contribution in [0.25, 0.3) is 5.57 Å². The molecule has 3 aromatic rings. The fraction of sp³-hybridized carbons (Fsp3) is 0.160. The Labute approximate surface area is 185 Å². The van der Waals surface area contributed by atoms with Crippen LogP contribution in [0, 0.1) is 13.8 Å². The molecule has 0 aliphatic carbocycles. The maximum atomic E-state index is 13.4. The highest BCUT2D eigenvalue weighted by molar-refractivity contribution is 6.36. The van der Waals surface area contributed by atoms with Gasteiger partial charge in [0.15, 0.2) is 0 Å². The molecule has 0 fully saturated rings. The summed E-state index contributed by atoms with van der Waals surface area (Å²) < 4.78 is 5.35. The van der Waals surface area contributed by atoms with Gasteiger partial charge in [-0.25, -0.2) is 0 Å². The number of carbonyl (C=O) groups is 3. The van der Waals surface area contributed by atoms with Crippen molar-refractivity contribution < 1.29 is 18.8 Å². The molecule has 2 N–H and O–H groups in total. The Bertz CT molecular complexity index is 1220. The van der Waals surface area contributed by atoms with Crippen molar-refractivity contribution in [2.45, 2.75) is 27.3 Å². The molecule has 1 aromatic heterocycles. The molecule has 162 valence electrons. The van der Waals surface area contributed by atoms with Crippen LogP contribution >= 0.6 is 0 Å². The highest BCUT2D eigenvalue weighted by Gasteiger charge is 2.40. The Morgan fingerprint density at radius 2 is 1.69 bits per heavy atom. The minimum Gasteiger partial charge on any atom is -0.467 e. The van der Waals surface area contributed by atoms with Crippen molar-refractivity contribution >= 4 is 34.7 Å². The lowest BCUT2D eigenvalue weighted by Crippen LogP contribution is -2.31. The standard InChI is InChI=1S/C25H23N3O4/c1-15-6-11-21(16(2)13-15)22-23(27-19-9-7-18(8-10-19)26-17(3)29)25(31)28(24(22)30)14-20-5-4-12-32-20/h4-13,27H,14H2,1-3H3,(H,26,29). The number of nitrogens with zero attached hydrogens (tertiary/aromatic N) is 1. The summed E-state index contributed by atoms with van der Waals surface area (Å²) in [6, 6.07) is 16.1. The molecule has 2 aromatic carbocycles. The molecule has 0 unspecified atom stereocenters. The van der Waals surface area contributed by atoms with E-state index in [1.807, 2.05) is 32.0 Å². The van der Waals surface area contributed by atoms with Gasteiger partial charge in [0.2, 0.25) is 5.91 Å². The Morgan fingerprint density at radius 1 is 0.969 bits per heavy atom. The summed E-state index contributed by atoms with van der Waals surface area (Å²) in [5, 5.41) is 5.83. The largest absolute Gasteiger partial charge is 0.467 e. The van der Waals surface area contributed by atoms with Crippen LogP contribution in [0.3, 0.4) is 0 Å². The molecule has 3 amide bonds. The van der Waals surface area contributed by atoms with Gasteiger partial charge in [-0.15, -0.1) is 0 Å². The van der Waals surface area contributed by atoms with Gasteiger partial charge in [-0.1, -0.05) is 23.8 Å². The minimum absolute atomic E-state index is 0.0473. The Balaban J connectivity index is 1.72. The molecule has 0 saturated heterocycles. The molecule has 32 heavy (non-hydrogen) atoms. The number of amides is 3. The number of hydrogen-bond donors (Lipinski definition) is 2. The normalized spacial score (nSPS) is 13.7. The quantitative estimate of drug-likeness (QED) is 0.572. The molecule has 2 heterocycles. The SMILES string of the molecule is CC(=O)Nc1ccc(NC2=C(c3ccc(C)cc3C)C(=O)N(Cc3ccco3)C2=O)cc1. The first kappa shape index (κ1) is 21.1. The molecule has 0 spiro atoms. The molecule has 7 heteroatoms. The first-order valence-corrected chi connectivity index (χ1v) is 10.2. The summed E-state index contributed by atoms with van der Waals surface area (Å²) in [7, 11) is 0. The first-order chi connectivity index (χ1) is 15.3. The number of benzene rings is 2. The minimum atomic E-state index is -0.424. The van der Waals surface area contributed by atoms with Gasteiger partial charge < -0.3 is 15.1 Å². The highest BCUT2D eigenvalue weighted by Crippen LogP contribution is 2.33. The zero-order chi connectivity index (χ0) is 22.8. The lowest BCUT2D eigenvalue weighted by molar-refractivity contribution is -0.137. The van der Waals surface area contributed by atoms with Crippen LogP contribution in [0.2, 0.25) is 0 Å². The van der Waals surface area contributed by atoms with E-state index in [4.69, 9.17) is 4.42 Å². The Morgan fingerprint density at radius 3 is 2.31 bits per heavy atom. The van der Waals surface area contributed by atoms with E-state index < -0.39 is 5.91 Å². The molecule has 1 aliphatic rings. The maximum absolute atomic E-state index is 13.4. The average Bonchev–Trinajstić information content (AvgIpc) is 3.33. The number of furan rings is 1. The van der Waals surface area contributed by atoms with E-state index in [9.17, 15) is 14.4 Å². The molecule has 0 bridgehead atoms. The van der Waals surface area contributed by atoms with Gasteiger partial charge in [-0.05, 0) is 61.4 Å². The van der Waals surface area contributed by atoms with E-state index >= 15 is 0 Å². The van der Waals surface area contributed by atoms with E-state index in [1.54, 1.807) is 36.4 Å². The number of nitrogens with one attached hydrogen (secondary N) is 2. The predicted molar refractivity (Wildman–Crippen MR) is 121 cm³/mol. The lowest BCUT2D eigenvalue weighted by atomic mass is 9.97. The van der Waals surface area contributed by atoms with Crippen molar-refractivity contribution in [3.8, 4) is 0 Å². The average molecular weight is 429 g/mol. The predicted octanol–water partition coefficient (Wildman–Crippen LogP) is 4.25. The monoisotopic (exact) mass is 429 g/mol. The molecular weight excluding hydrogens is 406 g/mol. The fourth-order valence-corrected chi connectivity index (χ4v) is 3.72. The van der Waals surface area contributed by atoms with Crippen LogP contribution in [0.15, 0.2) is 71.0 Å². The van der Waals surface area contributed by atoms with Crippen LogP contribution in [-0.4, -0.2) is 22.6 Å². The summed E-state index contributed by atoms with van der Waals surface area (Å²) in [5.74, 6) is -0.452. The van der Waals surface area contributed by atoms with Gasteiger partial charge in [-0.3, -0.25) is 19.3 Å². The van der Waals surface area contributed by atoms with Crippen LogP contribution in [0.5, 0.6) is 0 Å². The molecule has 4 rings (SSSR count). The molecule has 0 saturated carbocycles. The second-order valence-electron chi connectivity index (χ2n) is 7.73.